The predicted molar refractivity (Wildman–Crippen MR) is 83.1 cm³/mol. The largest absolute Gasteiger partial charge is 0.388 e. The summed E-state index contributed by atoms with van der Waals surface area (Å²) in [5.74, 6) is 0.255. The van der Waals surface area contributed by atoms with Crippen molar-refractivity contribution in [2.24, 2.45) is 0 Å². The van der Waals surface area contributed by atoms with E-state index < -0.39 is 6.10 Å². The van der Waals surface area contributed by atoms with Gasteiger partial charge in [-0.3, -0.25) is 0 Å². The molecule has 0 heterocycles. The molecule has 21 heavy (non-hydrogen) atoms. The minimum absolute atomic E-state index is 0.194. The van der Waals surface area contributed by atoms with Crippen LogP contribution in [0.5, 0.6) is 0 Å². The van der Waals surface area contributed by atoms with E-state index in [1.165, 1.54) is 30.9 Å². The van der Waals surface area contributed by atoms with Gasteiger partial charge in [0.2, 0.25) is 0 Å². The highest BCUT2D eigenvalue weighted by molar-refractivity contribution is 6.31. The summed E-state index contributed by atoms with van der Waals surface area (Å²) in [5, 5.41) is 10.8. The van der Waals surface area contributed by atoms with Gasteiger partial charge in [-0.2, -0.15) is 0 Å². The molecule has 3 heteroatoms. The van der Waals surface area contributed by atoms with Gasteiger partial charge in [0.05, 0.1) is 6.10 Å². The van der Waals surface area contributed by atoms with E-state index in [0.29, 0.717) is 16.5 Å². The third-order valence-corrected chi connectivity index (χ3v) is 4.69. The molecule has 0 amide bonds. The molecule has 0 radical (unpaired) electrons. The molecule has 0 aromatic heterocycles. The molecule has 3 rings (SSSR count). The van der Waals surface area contributed by atoms with E-state index in [9.17, 15) is 9.50 Å². The standard InChI is InChI=1S/C18H18ClFO/c19-16-8-3-9-17(20)15(16)11-18(21)14-7-2-6-13(10-14)12-4-1-5-12/h2-3,6-10,12,18,21H,1,4-5,11H2. The van der Waals surface area contributed by atoms with Gasteiger partial charge in [0.25, 0.3) is 0 Å². The number of hydrogen-bond donors (Lipinski definition) is 1. The van der Waals surface area contributed by atoms with Gasteiger partial charge in [0.1, 0.15) is 5.82 Å². The zero-order chi connectivity index (χ0) is 14.8. The van der Waals surface area contributed by atoms with Crippen LogP contribution in [0, 0.1) is 5.82 Å². The molecule has 1 nitrogen and oxygen atoms in total. The molecule has 1 aliphatic rings. The molecule has 0 aliphatic heterocycles. The maximum absolute atomic E-state index is 13.8. The summed E-state index contributed by atoms with van der Waals surface area (Å²) in [6.07, 6.45) is 3.18. The number of hydrogen-bond acceptors (Lipinski definition) is 1. The molecule has 1 aliphatic carbocycles. The van der Waals surface area contributed by atoms with Gasteiger partial charge >= 0.3 is 0 Å². The molecule has 1 atom stereocenters. The highest BCUT2D eigenvalue weighted by atomic mass is 35.5. The van der Waals surface area contributed by atoms with E-state index in [4.69, 9.17) is 11.6 Å². The highest BCUT2D eigenvalue weighted by Gasteiger charge is 2.21. The molecule has 110 valence electrons. The van der Waals surface area contributed by atoms with Gasteiger partial charge < -0.3 is 5.11 Å². The van der Waals surface area contributed by atoms with Crippen LogP contribution in [0.25, 0.3) is 0 Å². The molecular formula is C18H18ClFO. The minimum atomic E-state index is -0.737. The molecule has 2 aromatic rings. The van der Waals surface area contributed by atoms with Crippen LogP contribution in [0.4, 0.5) is 4.39 Å². The van der Waals surface area contributed by atoms with Crippen molar-refractivity contribution in [2.45, 2.75) is 37.7 Å². The summed E-state index contributed by atoms with van der Waals surface area (Å²) in [6, 6.07) is 12.6. The summed E-state index contributed by atoms with van der Waals surface area (Å²) < 4.78 is 13.8. The Labute approximate surface area is 129 Å². The minimum Gasteiger partial charge on any atom is -0.388 e. The van der Waals surface area contributed by atoms with Gasteiger partial charge in [-0.25, -0.2) is 4.39 Å². The lowest BCUT2D eigenvalue weighted by Crippen LogP contribution is -2.10. The topological polar surface area (TPSA) is 20.2 Å². The van der Waals surface area contributed by atoms with Crippen LogP contribution in [-0.2, 0) is 6.42 Å². The summed E-state index contributed by atoms with van der Waals surface area (Å²) >= 11 is 6.02. The molecule has 0 saturated heterocycles. The van der Waals surface area contributed by atoms with Gasteiger partial charge in [-0.15, -0.1) is 0 Å². The second-order valence-electron chi connectivity index (χ2n) is 5.72. The van der Waals surface area contributed by atoms with Gasteiger partial charge in [0, 0.05) is 17.0 Å². The van der Waals surface area contributed by atoms with Gasteiger partial charge in [-0.1, -0.05) is 48.4 Å². The van der Waals surface area contributed by atoms with Crippen molar-refractivity contribution in [3.8, 4) is 0 Å². The van der Waals surface area contributed by atoms with E-state index >= 15 is 0 Å². The lowest BCUT2D eigenvalue weighted by molar-refractivity contribution is 0.177. The molecule has 1 N–H and O–H groups in total. The quantitative estimate of drug-likeness (QED) is 0.840. The average Bonchev–Trinajstić information content (AvgIpc) is 2.41. The molecule has 1 saturated carbocycles. The molecule has 1 fully saturated rings. The van der Waals surface area contributed by atoms with Crippen LogP contribution in [0.1, 0.15) is 48.0 Å². The van der Waals surface area contributed by atoms with E-state index in [0.717, 1.165) is 5.56 Å². The molecular weight excluding hydrogens is 287 g/mol. The molecule has 1 unspecified atom stereocenters. The first-order chi connectivity index (χ1) is 10.1. The van der Waals surface area contributed by atoms with Crippen molar-refractivity contribution >= 4 is 11.6 Å². The Hall–Kier alpha value is -1.38. The summed E-state index contributed by atoms with van der Waals surface area (Å²) in [6.45, 7) is 0. The summed E-state index contributed by atoms with van der Waals surface area (Å²) in [7, 11) is 0. The Morgan fingerprint density at radius 1 is 1.19 bits per heavy atom. The van der Waals surface area contributed by atoms with Crippen LogP contribution in [0.3, 0.4) is 0 Å². The normalized spacial score (nSPS) is 16.5. The fourth-order valence-corrected chi connectivity index (χ4v) is 3.04. The van der Waals surface area contributed by atoms with Crippen LogP contribution in [0.15, 0.2) is 42.5 Å². The van der Waals surface area contributed by atoms with Crippen molar-refractivity contribution < 1.29 is 9.50 Å². The molecule has 0 spiro atoms. The number of aliphatic hydroxyl groups excluding tert-OH is 1. The van der Waals surface area contributed by atoms with Crippen LogP contribution in [-0.4, -0.2) is 5.11 Å². The summed E-state index contributed by atoms with van der Waals surface area (Å²) in [4.78, 5) is 0. The first-order valence-corrected chi connectivity index (χ1v) is 7.74. The highest BCUT2D eigenvalue weighted by Crippen LogP contribution is 2.37. The molecule has 2 aromatic carbocycles. The first-order valence-electron chi connectivity index (χ1n) is 7.36. The number of benzene rings is 2. The third kappa shape index (κ3) is 3.12. The van der Waals surface area contributed by atoms with E-state index in [1.54, 1.807) is 12.1 Å². The fraction of sp³-hybridized carbons (Fsp3) is 0.333. The SMILES string of the molecule is OC(Cc1c(F)cccc1Cl)c1cccc(C2CCC2)c1. The van der Waals surface area contributed by atoms with Gasteiger partial charge in [-0.05, 0) is 42.0 Å². The number of aliphatic hydroxyl groups is 1. The van der Waals surface area contributed by atoms with Crippen molar-refractivity contribution in [1.29, 1.82) is 0 Å². The van der Waals surface area contributed by atoms with Crippen molar-refractivity contribution in [3.63, 3.8) is 0 Å². The zero-order valence-electron chi connectivity index (χ0n) is 11.7. The van der Waals surface area contributed by atoms with E-state index in [2.05, 4.69) is 6.07 Å². The maximum Gasteiger partial charge on any atom is 0.127 e. The Bertz CT molecular complexity index is 617. The smallest absolute Gasteiger partial charge is 0.127 e. The maximum atomic E-state index is 13.8. The van der Waals surface area contributed by atoms with E-state index in [-0.39, 0.29) is 12.2 Å². The number of rotatable bonds is 4. The van der Waals surface area contributed by atoms with Gasteiger partial charge in [0.15, 0.2) is 0 Å². The van der Waals surface area contributed by atoms with Crippen molar-refractivity contribution in [1.82, 2.24) is 0 Å². The van der Waals surface area contributed by atoms with Crippen molar-refractivity contribution in [2.75, 3.05) is 0 Å². The number of halogens is 2. The second-order valence-corrected chi connectivity index (χ2v) is 6.13. The first kappa shape index (κ1) is 14.6. The van der Waals surface area contributed by atoms with Crippen LogP contribution in [0.2, 0.25) is 5.02 Å². The Morgan fingerprint density at radius 2 is 1.95 bits per heavy atom. The predicted octanol–water partition coefficient (Wildman–Crippen LogP) is 5.02. The Kier molecular flexibility index (Phi) is 4.27. The third-order valence-electron chi connectivity index (χ3n) is 4.33. The van der Waals surface area contributed by atoms with Crippen LogP contribution < -0.4 is 0 Å². The lowest BCUT2D eigenvalue weighted by atomic mass is 9.79. The average molecular weight is 305 g/mol. The monoisotopic (exact) mass is 304 g/mol. The Morgan fingerprint density at radius 3 is 2.62 bits per heavy atom. The second kappa shape index (κ2) is 6.17. The molecule has 0 bridgehead atoms. The van der Waals surface area contributed by atoms with Crippen LogP contribution >= 0.6 is 11.6 Å². The fourth-order valence-electron chi connectivity index (χ4n) is 2.80. The van der Waals surface area contributed by atoms with E-state index in [1.807, 2.05) is 18.2 Å². The Balaban J connectivity index is 1.80. The lowest BCUT2D eigenvalue weighted by Gasteiger charge is -2.26. The van der Waals surface area contributed by atoms with Crippen molar-refractivity contribution in [3.05, 3.63) is 70.0 Å². The zero-order valence-corrected chi connectivity index (χ0v) is 12.5. The summed E-state index contributed by atoms with van der Waals surface area (Å²) in [5.41, 5.74) is 2.48.